The first-order chi connectivity index (χ1) is 15.2. The number of aliphatic carboxylic acids is 1. The van der Waals surface area contributed by atoms with E-state index in [1.165, 1.54) is 0 Å². The molecule has 1 heterocycles. The van der Waals surface area contributed by atoms with E-state index in [1.807, 2.05) is 70.2 Å². The second kappa shape index (κ2) is 11.5. The quantitative estimate of drug-likeness (QED) is 0.418. The predicted molar refractivity (Wildman–Crippen MR) is 125 cm³/mol. The molecule has 0 saturated carbocycles. The van der Waals surface area contributed by atoms with E-state index >= 15 is 0 Å². The van der Waals surface area contributed by atoms with Crippen molar-refractivity contribution in [1.82, 2.24) is 9.97 Å². The van der Waals surface area contributed by atoms with Crippen molar-refractivity contribution in [3.8, 4) is 17.0 Å². The smallest absolute Gasteiger partial charge is 0.305 e. The number of anilines is 1. The van der Waals surface area contributed by atoms with Crippen molar-refractivity contribution in [1.29, 1.82) is 0 Å². The minimum absolute atomic E-state index is 0.0708. The number of nitrogens with zero attached hydrogens (tertiary/aromatic N) is 1. The monoisotopic (exact) mass is 438 g/mol. The van der Waals surface area contributed by atoms with Crippen LogP contribution in [0.4, 0.5) is 5.95 Å². The summed E-state index contributed by atoms with van der Waals surface area (Å²) in [7, 11) is 0. The summed E-state index contributed by atoms with van der Waals surface area (Å²) in [6.07, 6.45) is 1.92. The molecule has 0 aliphatic heterocycles. The maximum atomic E-state index is 11.2. The first-order valence-corrected chi connectivity index (χ1v) is 10.3. The topological polar surface area (TPSA) is 130 Å². The Kier molecular flexibility index (Phi) is 8.83. The molecule has 0 bridgehead atoms. The Labute approximate surface area is 187 Å². The number of nitrogens with one attached hydrogen (secondary N) is 2. The lowest BCUT2D eigenvalue weighted by atomic mass is 10.0. The van der Waals surface area contributed by atoms with Gasteiger partial charge in [0.25, 0.3) is 0 Å². The Morgan fingerprint density at radius 3 is 2.31 bits per heavy atom. The molecule has 0 aliphatic rings. The Bertz CT molecular complexity index is 1020. The van der Waals surface area contributed by atoms with Gasteiger partial charge in [0, 0.05) is 12.1 Å². The number of ether oxygens (including phenoxy) is 1. The second-order valence-electron chi connectivity index (χ2n) is 7.54. The molecule has 1 amide bonds. The van der Waals surface area contributed by atoms with Gasteiger partial charge in [-0.3, -0.25) is 9.59 Å². The standard InChI is InChI=1S/C12H13N3O2.C12H17NO2/c16-11(17)6-7-13-12-14-8-10(15-12)9-4-2-1-3-5-9;1-7(2)15-10-5-8(3)11(12(13)14)9(4)6-10/h1-5,8H,6-7H2,(H,16,17)(H2,13,14,15);5-7H,1-4H3,(H2,13,14). The van der Waals surface area contributed by atoms with Crippen LogP contribution in [-0.2, 0) is 4.79 Å². The highest BCUT2D eigenvalue weighted by Gasteiger charge is 2.11. The molecule has 8 heteroatoms. The van der Waals surface area contributed by atoms with E-state index in [0.717, 1.165) is 28.1 Å². The lowest BCUT2D eigenvalue weighted by Crippen LogP contribution is -2.15. The van der Waals surface area contributed by atoms with Crippen LogP contribution in [0.2, 0.25) is 0 Å². The summed E-state index contributed by atoms with van der Waals surface area (Å²) in [5.41, 5.74) is 9.55. The van der Waals surface area contributed by atoms with Crippen molar-refractivity contribution in [2.45, 2.75) is 40.2 Å². The molecule has 3 rings (SSSR count). The van der Waals surface area contributed by atoms with E-state index < -0.39 is 5.97 Å². The van der Waals surface area contributed by atoms with E-state index in [2.05, 4.69) is 15.3 Å². The van der Waals surface area contributed by atoms with Crippen molar-refractivity contribution in [3.63, 3.8) is 0 Å². The Morgan fingerprint density at radius 1 is 1.16 bits per heavy atom. The summed E-state index contributed by atoms with van der Waals surface area (Å²) in [5.74, 6) is 0.156. The van der Waals surface area contributed by atoms with Crippen molar-refractivity contribution < 1.29 is 19.4 Å². The summed E-state index contributed by atoms with van der Waals surface area (Å²) < 4.78 is 5.56. The molecule has 32 heavy (non-hydrogen) atoms. The van der Waals surface area contributed by atoms with Gasteiger partial charge in [0.05, 0.1) is 24.4 Å². The molecule has 0 atom stereocenters. The fourth-order valence-corrected chi connectivity index (χ4v) is 3.12. The van der Waals surface area contributed by atoms with Gasteiger partial charge < -0.3 is 25.9 Å². The normalized spacial score (nSPS) is 10.3. The van der Waals surface area contributed by atoms with E-state index in [1.54, 1.807) is 6.20 Å². The van der Waals surface area contributed by atoms with E-state index in [0.29, 0.717) is 18.1 Å². The number of rotatable bonds is 8. The number of imidazole rings is 1. The van der Waals surface area contributed by atoms with Gasteiger partial charge in [-0.15, -0.1) is 0 Å². The Hall–Kier alpha value is -3.81. The molecule has 0 unspecified atom stereocenters. The highest BCUT2D eigenvalue weighted by molar-refractivity contribution is 5.96. The number of hydrogen-bond donors (Lipinski definition) is 4. The SMILES string of the molecule is Cc1cc(OC(C)C)cc(C)c1C(N)=O.O=C(O)CCNc1ncc(-c2ccccc2)[nH]1. The molecule has 3 aromatic rings. The Balaban J connectivity index is 0.000000229. The zero-order valence-electron chi connectivity index (χ0n) is 18.8. The van der Waals surface area contributed by atoms with E-state index in [9.17, 15) is 9.59 Å². The van der Waals surface area contributed by atoms with Gasteiger partial charge in [0.15, 0.2) is 0 Å². The Morgan fingerprint density at radius 2 is 1.78 bits per heavy atom. The molecule has 0 aliphatic carbocycles. The van der Waals surface area contributed by atoms with Gasteiger partial charge in [-0.05, 0) is 56.5 Å². The third kappa shape index (κ3) is 7.46. The molecule has 0 saturated heterocycles. The van der Waals surface area contributed by atoms with Crippen molar-refractivity contribution in [3.05, 3.63) is 65.4 Å². The number of aromatic nitrogens is 2. The highest BCUT2D eigenvalue weighted by Crippen LogP contribution is 2.22. The molecular weight excluding hydrogens is 408 g/mol. The molecule has 8 nitrogen and oxygen atoms in total. The van der Waals surface area contributed by atoms with Crippen LogP contribution in [0.1, 0.15) is 41.8 Å². The number of carboxylic acids is 1. The lowest BCUT2D eigenvalue weighted by Gasteiger charge is -2.13. The minimum atomic E-state index is -0.827. The first kappa shape index (κ1) is 24.5. The van der Waals surface area contributed by atoms with Crippen LogP contribution in [0, 0.1) is 13.8 Å². The molecule has 0 spiro atoms. The largest absolute Gasteiger partial charge is 0.491 e. The number of nitrogens with two attached hydrogens (primary N) is 1. The van der Waals surface area contributed by atoms with Crippen LogP contribution in [0.25, 0.3) is 11.3 Å². The number of carbonyl (C=O) groups excluding carboxylic acids is 1. The van der Waals surface area contributed by atoms with Crippen LogP contribution in [-0.4, -0.2) is 39.6 Å². The number of benzene rings is 2. The molecule has 0 radical (unpaired) electrons. The molecular formula is C24H30N4O4. The molecule has 1 aromatic heterocycles. The van der Waals surface area contributed by atoms with Crippen LogP contribution < -0.4 is 15.8 Å². The zero-order chi connectivity index (χ0) is 23.7. The van der Waals surface area contributed by atoms with Gasteiger partial charge in [0.1, 0.15) is 5.75 Å². The summed E-state index contributed by atoms with van der Waals surface area (Å²) in [6.45, 7) is 8.01. The fraction of sp³-hybridized carbons (Fsp3) is 0.292. The summed E-state index contributed by atoms with van der Waals surface area (Å²) in [5, 5.41) is 11.4. The number of H-pyrrole nitrogens is 1. The highest BCUT2D eigenvalue weighted by atomic mass is 16.5. The van der Waals surface area contributed by atoms with E-state index in [-0.39, 0.29) is 18.4 Å². The minimum Gasteiger partial charge on any atom is -0.491 e. The number of aromatic amines is 1. The van der Waals surface area contributed by atoms with Crippen LogP contribution in [0.15, 0.2) is 48.7 Å². The number of carbonyl (C=O) groups is 2. The number of amides is 1. The van der Waals surface area contributed by atoms with Crippen LogP contribution in [0.5, 0.6) is 5.75 Å². The molecule has 2 aromatic carbocycles. The van der Waals surface area contributed by atoms with Crippen molar-refractivity contribution >= 4 is 17.8 Å². The van der Waals surface area contributed by atoms with E-state index in [4.69, 9.17) is 15.6 Å². The predicted octanol–water partition coefficient (Wildman–Crippen LogP) is 4.15. The third-order valence-corrected chi connectivity index (χ3v) is 4.42. The van der Waals surface area contributed by atoms with Crippen molar-refractivity contribution in [2.24, 2.45) is 5.73 Å². The number of primary amides is 1. The van der Waals surface area contributed by atoms with Crippen LogP contribution >= 0.6 is 0 Å². The van der Waals surface area contributed by atoms with Crippen LogP contribution in [0.3, 0.4) is 0 Å². The zero-order valence-corrected chi connectivity index (χ0v) is 18.8. The molecule has 5 N–H and O–H groups in total. The first-order valence-electron chi connectivity index (χ1n) is 10.3. The van der Waals surface area contributed by atoms with Gasteiger partial charge in [-0.2, -0.15) is 0 Å². The number of aryl methyl sites for hydroxylation is 2. The van der Waals surface area contributed by atoms with Gasteiger partial charge in [0.2, 0.25) is 11.9 Å². The van der Waals surface area contributed by atoms with Gasteiger partial charge in [-0.1, -0.05) is 30.3 Å². The summed E-state index contributed by atoms with van der Waals surface area (Å²) >= 11 is 0. The average Bonchev–Trinajstić information content (AvgIpc) is 3.16. The second-order valence-corrected chi connectivity index (χ2v) is 7.54. The maximum absolute atomic E-state index is 11.2. The summed E-state index contributed by atoms with van der Waals surface area (Å²) in [4.78, 5) is 28.7. The fourth-order valence-electron chi connectivity index (χ4n) is 3.12. The molecule has 0 fully saturated rings. The maximum Gasteiger partial charge on any atom is 0.305 e. The molecule has 170 valence electrons. The van der Waals surface area contributed by atoms with Crippen molar-refractivity contribution in [2.75, 3.05) is 11.9 Å². The van der Waals surface area contributed by atoms with Gasteiger partial charge >= 0.3 is 5.97 Å². The number of hydrogen-bond acceptors (Lipinski definition) is 5. The summed E-state index contributed by atoms with van der Waals surface area (Å²) in [6, 6.07) is 13.5. The average molecular weight is 439 g/mol. The lowest BCUT2D eigenvalue weighted by molar-refractivity contribution is -0.136. The third-order valence-electron chi connectivity index (χ3n) is 4.42. The van der Waals surface area contributed by atoms with Gasteiger partial charge in [-0.25, -0.2) is 4.98 Å². The number of carboxylic acid groups (broad SMARTS) is 1.